The molecule has 0 aliphatic carbocycles. The fourth-order valence-electron chi connectivity index (χ4n) is 1.31. The van der Waals surface area contributed by atoms with E-state index in [1.54, 1.807) is 0 Å². The minimum atomic E-state index is -0.425. The van der Waals surface area contributed by atoms with E-state index >= 15 is 0 Å². The van der Waals surface area contributed by atoms with Crippen LogP contribution in [0.25, 0.3) is 0 Å². The number of hydrogen-bond donors (Lipinski definition) is 0. The second kappa shape index (κ2) is 18.7. The minimum absolute atomic E-state index is 0.256. The Hall–Kier alpha value is -1.29. The van der Waals surface area contributed by atoms with Crippen molar-refractivity contribution in [1.29, 1.82) is 0 Å². The van der Waals surface area contributed by atoms with Crippen LogP contribution in [-0.4, -0.2) is 31.0 Å². The van der Waals surface area contributed by atoms with Crippen LogP contribution in [0.3, 0.4) is 0 Å². The van der Waals surface area contributed by atoms with Gasteiger partial charge in [0.25, 0.3) is 0 Å². The Labute approximate surface area is 133 Å². The van der Waals surface area contributed by atoms with Gasteiger partial charge in [-0.05, 0) is 6.42 Å². The maximum atomic E-state index is 10.6. The molecule has 122 valence electrons. The van der Waals surface area contributed by atoms with Gasteiger partial charge in [0.2, 0.25) is 0 Å². The molecule has 0 aromatic rings. The number of carbonyl (C=O) groups is 2. The van der Waals surface area contributed by atoms with Gasteiger partial charge in [-0.2, -0.15) is 0 Å². The van der Waals surface area contributed by atoms with Gasteiger partial charge >= 0.3 is 11.9 Å². The maximum absolute atomic E-state index is 10.6. The van der Waals surface area contributed by atoms with Crippen molar-refractivity contribution in [2.75, 3.05) is 19.1 Å². The molecule has 0 aliphatic heterocycles. The van der Waals surface area contributed by atoms with E-state index in [1.165, 1.54) is 31.8 Å². The Morgan fingerprint density at radius 1 is 0.905 bits per heavy atom. The van der Waals surface area contributed by atoms with Crippen molar-refractivity contribution < 1.29 is 19.1 Å². The van der Waals surface area contributed by atoms with E-state index in [1.807, 2.05) is 0 Å². The first-order valence-electron chi connectivity index (χ1n) is 7.26. The third-order valence-corrected chi connectivity index (χ3v) is 2.55. The molecule has 0 aliphatic rings. The van der Waals surface area contributed by atoms with Crippen LogP contribution in [0.4, 0.5) is 0 Å². The van der Waals surface area contributed by atoms with Crippen molar-refractivity contribution in [3.05, 3.63) is 25.3 Å². The highest BCUT2D eigenvalue weighted by Crippen LogP contribution is 2.04. The summed E-state index contributed by atoms with van der Waals surface area (Å²) < 4.78 is 9.29. The van der Waals surface area contributed by atoms with Crippen LogP contribution in [0.1, 0.15) is 45.4 Å². The summed E-state index contributed by atoms with van der Waals surface area (Å²) in [5.74, 6) is -0.404. The van der Waals surface area contributed by atoms with Gasteiger partial charge in [0.05, 0.1) is 12.5 Å². The second-order valence-corrected chi connectivity index (χ2v) is 4.58. The molecule has 0 spiro atoms. The highest BCUT2D eigenvalue weighted by atomic mass is 35.5. The molecule has 0 atom stereocenters. The summed E-state index contributed by atoms with van der Waals surface area (Å²) >= 11 is 5.19. The summed E-state index contributed by atoms with van der Waals surface area (Å²) in [7, 11) is 0. The monoisotopic (exact) mass is 318 g/mol. The third-order valence-electron chi connectivity index (χ3n) is 2.40. The lowest BCUT2D eigenvalue weighted by Crippen LogP contribution is -2.01. The smallest absolute Gasteiger partial charge is 0.330 e. The first-order chi connectivity index (χ1) is 10.1. The van der Waals surface area contributed by atoms with Gasteiger partial charge < -0.3 is 9.47 Å². The maximum Gasteiger partial charge on any atom is 0.330 e. The van der Waals surface area contributed by atoms with Crippen LogP contribution in [0, 0.1) is 0 Å². The predicted octanol–water partition coefficient (Wildman–Crippen LogP) is 4.03. The average molecular weight is 319 g/mol. The molecule has 0 rings (SSSR count). The lowest BCUT2D eigenvalue weighted by atomic mass is 10.1. The van der Waals surface area contributed by atoms with E-state index in [0.717, 1.165) is 18.9 Å². The summed E-state index contributed by atoms with van der Waals surface area (Å²) in [6.07, 6.45) is 9.57. The van der Waals surface area contributed by atoms with Crippen molar-refractivity contribution in [2.24, 2.45) is 0 Å². The summed E-state index contributed by atoms with van der Waals surface area (Å²) in [6.45, 7) is 9.52. The first-order valence-corrected chi connectivity index (χ1v) is 7.80. The van der Waals surface area contributed by atoms with Gasteiger partial charge in [-0.3, -0.25) is 0 Å². The Kier molecular flexibility index (Phi) is 19.6. The summed E-state index contributed by atoms with van der Waals surface area (Å²) in [5.41, 5.74) is 0. The standard InChI is InChI=1S/C11H20O2.C5H7ClO2/c1-3-5-6-7-8-9-10-13-11(12)4-2;1-2-5(7)8-4-3-6/h4H,2-3,5-10H2,1H3;2H,1,3-4H2. The first kappa shape index (κ1) is 22.0. The molecule has 0 fully saturated rings. The summed E-state index contributed by atoms with van der Waals surface area (Å²) in [6, 6.07) is 0. The quantitative estimate of drug-likeness (QED) is 0.250. The minimum Gasteiger partial charge on any atom is -0.463 e. The molecule has 0 saturated heterocycles. The van der Waals surface area contributed by atoms with Crippen LogP contribution in [-0.2, 0) is 19.1 Å². The zero-order valence-corrected chi connectivity index (χ0v) is 13.7. The molecule has 0 N–H and O–H groups in total. The zero-order chi connectivity index (χ0) is 16.3. The highest BCUT2D eigenvalue weighted by molar-refractivity contribution is 6.18. The largest absolute Gasteiger partial charge is 0.463 e. The zero-order valence-electron chi connectivity index (χ0n) is 12.9. The van der Waals surface area contributed by atoms with Gasteiger partial charge in [-0.25, -0.2) is 9.59 Å². The molecule has 0 aromatic carbocycles. The number of carbonyl (C=O) groups excluding carboxylic acids is 2. The number of alkyl halides is 1. The highest BCUT2D eigenvalue weighted by Gasteiger charge is 1.94. The lowest BCUT2D eigenvalue weighted by Gasteiger charge is -2.01. The number of hydrogen-bond acceptors (Lipinski definition) is 4. The lowest BCUT2D eigenvalue weighted by molar-refractivity contribution is -0.138. The molecular formula is C16H27ClO4. The second-order valence-electron chi connectivity index (χ2n) is 4.20. The number of halogens is 1. The third kappa shape index (κ3) is 21.2. The summed E-state index contributed by atoms with van der Waals surface area (Å²) in [4.78, 5) is 20.8. The normalized spacial score (nSPS) is 9.05. The van der Waals surface area contributed by atoms with Gasteiger partial charge in [-0.15, -0.1) is 11.6 Å². The average Bonchev–Trinajstić information content (AvgIpc) is 2.51. The fourth-order valence-corrected chi connectivity index (χ4v) is 1.39. The van der Waals surface area contributed by atoms with Crippen molar-refractivity contribution >= 4 is 23.5 Å². The molecule has 0 amide bonds. The van der Waals surface area contributed by atoms with Gasteiger partial charge in [-0.1, -0.05) is 52.2 Å². The molecule has 0 radical (unpaired) electrons. The van der Waals surface area contributed by atoms with Gasteiger partial charge in [0.15, 0.2) is 0 Å². The van der Waals surface area contributed by atoms with Crippen molar-refractivity contribution in [1.82, 2.24) is 0 Å². The van der Waals surface area contributed by atoms with Crippen molar-refractivity contribution in [2.45, 2.75) is 45.4 Å². The van der Waals surface area contributed by atoms with Crippen LogP contribution in [0.2, 0.25) is 0 Å². The molecule has 21 heavy (non-hydrogen) atoms. The van der Waals surface area contributed by atoms with E-state index in [9.17, 15) is 9.59 Å². The van der Waals surface area contributed by atoms with E-state index in [0.29, 0.717) is 12.5 Å². The molecule has 0 bridgehead atoms. The number of rotatable bonds is 11. The Balaban J connectivity index is 0. The molecule has 5 heteroatoms. The van der Waals surface area contributed by atoms with Crippen LogP contribution in [0.5, 0.6) is 0 Å². The van der Waals surface area contributed by atoms with E-state index in [-0.39, 0.29) is 12.6 Å². The van der Waals surface area contributed by atoms with E-state index < -0.39 is 5.97 Å². The van der Waals surface area contributed by atoms with Crippen molar-refractivity contribution in [3.8, 4) is 0 Å². The van der Waals surface area contributed by atoms with Crippen LogP contribution < -0.4 is 0 Å². The number of esters is 2. The summed E-state index contributed by atoms with van der Waals surface area (Å²) in [5, 5.41) is 0. The molecular weight excluding hydrogens is 292 g/mol. The van der Waals surface area contributed by atoms with E-state index in [4.69, 9.17) is 16.3 Å². The topological polar surface area (TPSA) is 52.6 Å². The fraction of sp³-hybridized carbons (Fsp3) is 0.625. The number of ether oxygens (including phenoxy) is 2. The Morgan fingerprint density at radius 2 is 1.38 bits per heavy atom. The Morgan fingerprint density at radius 3 is 1.86 bits per heavy atom. The van der Waals surface area contributed by atoms with Gasteiger partial charge in [0, 0.05) is 12.2 Å². The SMILES string of the molecule is C=CC(=O)OCCCCCCCC.C=CC(=O)OCCCl. The Bertz CT molecular complexity index is 290. The molecule has 0 saturated carbocycles. The van der Waals surface area contributed by atoms with E-state index in [2.05, 4.69) is 24.8 Å². The number of unbranched alkanes of at least 4 members (excludes halogenated alkanes) is 5. The van der Waals surface area contributed by atoms with Crippen molar-refractivity contribution in [3.63, 3.8) is 0 Å². The predicted molar refractivity (Wildman–Crippen MR) is 86.4 cm³/mol. The molecule has 0 heterocycles. The molecule has 0 aromatic heterocycles. The molecule has 4 nitrogen and oxygen atoms in total. The van der Waals surface area contributed by atoms with Crippen LogP contribution in [0.15, 0.2) is 25.3 Å². The van der Waals surface area contributed by atoms with Crippen LogP contribution >= 0.6 is 11.6 Å². The van der Waals surface area contributed by atoms with Gasteiger partial charge in [0.1, 0.15) is 6.61 Å². The molecule has 0 unspecified atom stereocenters.